The molecule has 0 spiro atoms. The summed E-state index contributed by atoms with van der Waals surface area (Å²) in [6, 6.07) is 2.49. The average Bonchev–Trinajstić information content (AvgIpc) is 2.29. The van der Waals surface area contributed by atoms with Crippen LogP contribution in [0, 0.1) is 23.2 Å². The first kappa shape index (κ1) is 13.0. The average molecular weight is 222 g/mol. The molecule has 0 aromatic carbocycles. The molecule has 1 unspecified atom stereocenters. The first-order chi connectivity index (χ1) is 7.57. The van der Waals surface area contributed by atoms with Gasteiger partial charge in [0, 0.05) is 13.1 Å². The molecule has 1 fully saturated rings. The van der Waals surface area contributed by atoms with E-state index in [0.717, 1.165) is 12.8 Å². The van der Waals surface area contributed by atoms with Gasteiger partial charge in [0.2, 0.25) is 5.91 Å². The Labute approximate surface area is 98.4 Å². The number of carbonyl (C=O) groups excluding carboxylic acids is 1. The van der Waals surface area contributed by atoms with Gasteiger partial charge in [0.15, 0.2) is 0 Å². The van der Waals surface area contributed by atoms with E-state index >= 15 is 0 Å². The molecule has 1 atom stereocenters. The van der Waals surface area contributed by atoms with Crippen LogP contribution >= 0.6 is 0 Å². The Morgan fingerprint density at radius 3 is 2.31 bits per heavy atom. The Balaban J connectivity index is 2.61. The molecule has 16 heavy (non-hydrogen) atoms. The van der Waals surface area contributed by atoms with Crippen molar-refractivity contribution in [3.8, 4) is 6.07 Å². The summed E-state index contributed by atoms with van der Waals surface area (Å²) in [5.41, 5.74) is 0. The zero-order valence-corrected chi connectivity index (χ0v) is 10.6. The summed E-state index contributed by atoms with van der Waals surface area (Å²) < 4.78 is 0. The van der Waals surface area contributed by atoms with Crippen molar-refractivity contribution in [2.45, 2.75) is 52.0 Å². The number of amides is 1. The molecule has 0 aromatic heterocycles. The number of nitrogens with zero attached hydrogens (tertiary/aromatic N) is 2. The highest BCUT2D eigenvalue weighted by atomic mass is 16.2. The number of nitriles is 1. The molecule has 0 saturated heterocycles. The lowest BCUT2D eigenvalue weighted by Crippen LogP contribution is -2.42. The van der Waals surface area contributed by atoms with E-state index in [1.807, 2.05) is 25.8 Å². The maximum absolute atomic E-state index is 12.1. The minimum absolute atomic E-state index is 0.00407. The Morgan fingerprint density at radius 2 is 1.88 bits per heavy atom. The molecule has 1 rings (SSSR count). The highest BCUT2D eigenvalue weighted by Crippen LogP contribution is 2.24. The fourth-order valence-corrected chi connectivity index (χ4v) is 2.36. The Kier molecular flexibility index (Phi) is 4.79. The first-order valence-electron chi connectivity index (χ1n) is 6.24. The highest BCUT2D eigenvalue weighted by Gasteiger charge is 2.29. The summed E-state index contributed by atoms with van der Waals surface area (Å²) in [5.74, 6) is -0.375. The molecule has 1 saturated carbocycles. The summed E-state index contributed by atoms with van der Waals surface area (Å²) in [4.78, 5) is 13.9. The number of hydrogen-bond donors (Lipinski definition) is 0. The van der Waals surface area contributed by atoms with Crippen LogP contribution in [0.3, 0.4) is 0 Å². The van der Waals surface area contributed by atoms with Crippen LogP contribution in [0.25, 0.3) is 0 Å². The summed E-state index contributed by atoms with van der Waals surface area (Å²) in [5, 5.41) is 9.02. The minimum atomic E-state index is -0.480. The molecule has 1 aliphatic carbocycles. The van der Waals surface area contributed by atoms with Crippen molar-refractivity contribution in [2.75, 3.05) is 7.05 Å². The maximum atomic E-state index is 12.1. The number of hydrogen-bond acceptors (Lipinski definition) is 2. The zero-order chi connectivity index (χ0) is 12.1. The Bertz CT molecular complexity index is 274. The molecule has 1 amide bonds. The van der Waals surface area contributed by atoms with Crippen molar-refractivity contribution < 1.29 is 4.79 Å². The zero-order valence-electron chi connectivity index (χ0n) is 10.6. The number of rotatable bonds is 3. The van der Waals surface area contributed by atoms with E-state index in [1.54, 1.807) is 0 Å². The summed E-state index contributed by atoms with van der Waals surface area (Å²) >= 11 is 0. The summed E-state index contributed by atoms with van der Waals surface area (Å²) in [7, 11) is 1.85. The van der Waals surface area contributed by atoms with Crippen LogP contribution in [0.4, 0.5) is 0 Å². The standard InChI is InChI=1S/C13H22N2O/c1-10(2)12(9-14)13(16)15(3)11-7-5-4-6-8-11/h10-12H,4-8H2,1-3H3. The normalized spacial score (nSPS) is 19.2. The van der Waals surface area contributed by atoms with E-state index in [9.17, 15) is 4.79 Å². The van der Waals surface area contributed by atoms with Crippen LogP contribution in [-0.2, 0) is 4.79 Å². The third-order valence-corrected chi connectivity index (χ3v) is 3.54. The molecule has 0 radical (unpaired) electrons. The van der Waals surface area contributed by atoms with Gasteiger partial charge in [-0.25, -0.2) is 0 Å². The second kappa shape index (κ2) is 5.89. The van der Waals surface area contributed by atoms with Crippen LogP contribution in [-0.4, -0.2) is 23.9 Å². The first-order valence-corrected chi connectivity index (χ1v) is 6.24. The van der Waals surface area contributed by atoms with Crippen LogP contribution in [0.2, 0.25) is 0 Å². The van der Waals surface area contributed by atoms with Gasteiger partial charge in [0.25, 0.3) is 0 Å². The summed E-state index contributed by atoms with van der Waals surface area (Å²) in [6.45, 7) is 3.86. The third kappa shape index (κ3) is 2.98. The van der Waals surface area contributed by atoms with E-state index in [0.29, 0.717) is 6.04 Å². The predicted molar refractivity (Wildman–Crippen MR) is 63.6 cm³/mol. The minimum Gasteiger partial charge on any atom is -0.342 e. The lowest BCUT2D eigenvalue weighted by molar-refractivity contribution is -0.136. The van der Waals surface area contributed by atoms with Gasteiger partial charge in [-0.15, -0.1) is 0 Å². The predicted octanol–water partition coefficient (Wildman–Crippen LogP) is 2.57. The van der Waals surface area contributed by atoms with Crippen molar-refractivity contribution in [3.63, 3.8) is 0 Å². The van der Waals surface area contributed by atoms with E-state index in [1.165, 1.54) is 19.3 Å². The molecule has 90 valence electrons. The van der Waals surface area contributed by atoms with Crippen molar-refractivity contribution >= 4 is 5.91 Å². The quantitative estimate of drug-likeness (QED) is 0.736. The van der Waals surface area contributed by atoms with Gasteiger partial charge >= 0.3 is 0 Å². The summed E-state index contributed by atoms with van der Waals surface area (Å²) in [6.07, 6.45) is 5.89. The highest BCUT2D eigenvalue weighted by molar-refractivity contribution is 5.81. The van der Waals surface area contributed by atoms with Gasteiger partial charge in [0.05, 0.1) is 6.07 Å². The molecule has 3 nitrogen and oxygen atoms in total. The molecule has 0 bridgehead atoms. The lowest BCUT2D eigenvalue weighted by Gasteiger charge is -2.33. The van der Waals surface area contributed by atoms with Crippen LogP contribution in [0.1, 0.15) is 46.0 Å². The van der Waals surface area contributed by atoms with Crippen LogP contribution in [0.5, 0.6) is 0 Å². The van der Waals surface area contributed by atoms with Crippen molar-refractivity contribution in [1.82, 2.24) is 4.90 Å². The van der Waals surface area contributed by atoms with Gasteiger partial charge in [-0.1, -0.05) is 33.1 Å². The van der Waals surface area contributed by atoms with Gasteiger partial charge in [-0.3, -0.25) is 4.79 Å². The Hall–Kier alpha value is -1.04. The smallest absolute Gasteiger partial charge is 0.240 e. The largest absolute Gasteiger partial charge is 0.342 e. The fourth-order valence-electron chi connectivity index (χ4n) is 2.36. The lowest BCUT2D eigenvalue weighted by atomic mass is 9.91. The molecule has 0 aliphatic heterocycles. The Morgan fingerprint density at radius 1 is 1.31 bits per heavy atom. The third-order valence-electron chi connectivity index (χ3n) is 3.54. The van der Waals surface area contributed by atoms with E-state index in [2.05, 4.69) is 6.07 Å². The molecular formula is C13H22N2O. The second-order valence-electron chi connectivity index (χ2n) is 5.09. The SMILES string of the molecule is CC(C)C(C#N)C(=O)N(C)C1CCCCC1. The van der Waals surface area contributed by atoms with E-state index in [4.69, 9.17) is 5.26 Å². The molecular weight excluding hydrogens is 200 g/mol. The van der Waals surface area contributed by atoms with Gasteiger partial charge in [-0.2, -0.15) is 5.26 Å². The van der Waals surface area contributed by atoms with Crippen LogP contribution < -0.4 is 0 Å². The van der Waals surface area contributed by atoms with Gasteiger partial charge < -0.3 is 4.90 Å². The molecule has 0 aromatic rings. The van der Waals surface area contributed by atoms with Crippen molar-refractivity contribution in [1.29, 1.82) is 5.26 Å². The second-order valence-corrected chi connectivity index (χ2v) is 5.09. The maximum Gasteiger partial charge on any atom is 0.240 e. The topological polar surface area (TPSA) is 44.1 Å². The van der Waals surface area contributed by atoms with E-state index < -0.39 is 5.92 Å². The monoisotopic (exact) mass is 222 g/mol. The molecule has 3 heteroatoms. The van der Waals surface area contributed by atoms with Crippen molar-refractivity contribution in [2.24, 2.45) is 11.8 Å². The van der Waals surface area contributed by atoms with Gasteiger partial charge in [-0.05, 0) is 18.8 Å². The van der Waals surface area contributed by atoms with Gasteiger partial charge in [0.1, 0.15) is 5.92 Å². The number of carbonyl (C=O) groups is 1. The molecule has 0 heterocycles. The molecule has 1 aliphatic rings. The van der Waals surface area contributed by atoms with Crippen molar-refractivity contribution in [3.05, 3.63) is 0 Å². The van der Waals surface area contributed by atoms with E-state index in [-0.39, 0.29) is 11.8 Å². The fraction of sp³-hybridized carbons (Fsp3) is 0.846. The molecule has 0 N–H and O–H groups in total. The van der Waals surface area contributed by atoms with Crippen LogP contribution in [0.15, 0.2) is 0 Å².